The molecule has 0 saturated carbocycles. The number of anilines is 1. The molecule has 0 spiro atoms. The molecule has 4 rings (SSSR count). The zero-order valence-corrected chi connectivity index (χ0v) is 16.1. The van der Waals surface area contributed by atoms with E-state index in [1.54, 1.807) is 14.2 Å². The second-order valence-corrected chi connectivity index (χ2v) is 7.34. The SMILES string of the molecule is COC(OC)c1cc2c(c(N3CCCCC3)c1C#N)CCc1ccccc1-2. The average Bonchev–Trinajstić information content (AvgIpc) is 2.74. The van der Waals surface area contributed by atoms with Gasteiger partial charge in [-0.1, -0.05) is 24.3 Å². The molecule has 1 aliphatic carbocycles. The summed E-state index contributed by atoms with van der Waals surface area (Å²) >= 11 is 0. The van der Waals surface area contributed by atoms with Crippen LogP contribution in [0.3, 0.4) is 0 Å². The second kappa shape index (κ2) is 7.72. The number of hydrogen-bond donors (Lipinski definition) is 0. The Labute approximate surface area is 161 Å². The van der Waals surface area contributed by atoms with Crippen LogP contribution in [0.1, 0.15) is 47.8 Å². The summed E-state index contributed by atoms with van der Waals surface area (Å²) in [5, 5.41) is 10.1. The number of benzene rings is 2. The van der Waals surface area contributed by atoms with Gasteiger partial charge in [0.2, 0.25) is 0 Å². The van der Waals surface area contributed by atoms with E-state index in [1.165, 1.54) is 41.5 Å². The minimum absolute atomic E-state index is 0.539. The van der Waals surface area contributed by atoms with Gasteiger partial charge in [-0.15, -0.1) is 0 Å². The van der Waals surface area contributed by atoms with Gasteiger partial charge in [0.25, 0.3) is 0 Å². The van der Waals surface area contributed by atoms with Crippen LogP contribution >= 0.6 is 0 Å². The summed E-state index contributed by atoms with van der Waals surface area (Å²) in [7, 11) is 3.26. The molecule has 1 fully saturated rings. The van der Waals surface area contributed by atoms with Crippen molar-refractivity contribution >= 4 is 5.69 Å². The monoisotopic (exact) mass is 362 g/mol. The van der Waals surface area contributed by atoms with Crippen molar-refractivity contribution in [3.63, 3.8) is 0 Å². The van der Waals surface area contributed by atoms with Gasteiger partial charge in [-0.2, -0.15) is 5.26 Å². The standard InChI is InChI=1S/C23H26N2O2/c1-26-23(27-2)20-14-19-17-9-5-4-8-16(17)10-11-18(19)22(21(20)15-24)25-12-6-3-7-13-25/h4-5,8-9,14,23H,3,6-7,10-13H2,1-2H3. The number of methoxy groups -OCH3 is 2. The summed E-state index contributed by atoms with van der Waals surface area (Å²) in [6.45, 7) is 2.02. The summed E-state index contributed by atoms with van der Waals surface area (Å²) in [5.74, 6) is 0. The molecule has 0 bridgehead atoms. The van der Waals surface area contributed by atoms with Crippen LogP contribution in [-0.4, -0.2) is 27.3 Å². The van der Waals surface area contributed by atoms with Gasteiger partial charge in [0, 0.05) is 32.9 Å². The highest BCUT2D eigenvalue weighted by molar-refractivity contribution is 5.83. The van der Waals surface area contributed by atoms with Crippen LogP contribution in [0.5, 0.6) is 0 Å². The molecule has 140 valence electrons. The van der Waals surface area contributed by atoms with E-state index in [0.717, 1.165) is 37.2 Å². The third-order valence-electron chi connectivity index (χ3n) is 5.85. The van der Waals surface area contributed by atoms with Gasteiger partial charge in [-0.3, -0.25) is 0 Å². The Morgan fingerprint density at radius 3 is 2.44 bits per heavy atom. The first-order chi connectivity index (χ1) is 13.3. The molecule has 0 atom stereocenters. The molecular formula is C23H26N2O2. The van der Waals surface area contributed by atoms with E-state index in [0.29, 0.717) is 5.56 Å². The van der Waals surface area contributed by atoms with E-state index < -0.39 is 6.29 Å². The lowest BCUT2D eigenvalue weighted by Crippen LogP contribution is -2.32. The number of hydrogen-bond acceptors (Lipinski definition) is 4. The lowest BCUT2D eigenvalue weighted by Gasteiger charge is -2.35. The Kier molecular flexibility index (Phi) is 5.15. The van der Waals surface area contributed by atoms with Crippen LogP contribution in [0.25, 0.3) is 11.1 Å². The molecule has 2 aromatic rings. The first-order valence-electron chi connectivity index (χ1n) is 9.77. The number of fused-ring (bicyclic) bond motifs is 3. The predicted molar refractivity (Wildman–Crippen MR) is 107 cm³/mol. The highest BCUT2D eigenvalue weighted by Gasteiger charge is 2.29. The van der Waals surface area contributed by atoms with E-state index >= 15 is 0 Å². The zero-order valence-electron chi connectivity index (χ0n) is 16.1. The van der Waals surface area contributed by atoms with Gasteiger partial charge in [-0.05, 0) is 60.4 Å². The van der Waals surface area contributed by atoms with Crippen molar-refractivity contribution in [1.82, 2.24) is 0 Å². The van der Waals surface area contributed by atoms with Crippen molar-refractivity contribution < 1.29 is 9.47 Å². The van der Waals surface area contributed by atoms with Crippen LogP contribution in [0.4, 0.5) is 5.69 Å². The van der Waals surface area contributed by atoms with Crippen LogP contribution in [-0.2, 0) is 22.3 Å². The lowest BCUT2D eigenvalue weighted by atomic mass is 9.81. The highest BCUT2D eigenvalue weighted by Crippen LogP contribution is 2.44. The molecule has 0 aromatic heterocycles. The van der Waals surface area contributed by atoms with Crippen LogP contribution in [0.15, 0.2) is 30.3 Å². The summed E-state index contributed by atoms with van der Waals surface area (Å²) in [5.41, 5.74) is 7.83. The fourth-order valence-electron chi connectivity index (χ4n) is 4.60. The Bertz CT molecular complexity index is 875. The zero-order chi connectivity index (χ0) is 18.8. The summed E-state index contributed by atoms with van der Waals surface area (Å²) in [4.78, 5) is 2.42. The molecular weight excluding hydrogens is 336 g/mol. The van der Waals surface area contributed by atoms with Crippen LogP contribution in [0, 0.1) is 11.3 Å². The maximum atomic E-state index is 10.1. The first kappa shape index (κ1) is 18.0. The Balaban J connectivity index is 1.99. The molecule has 0 amide bonds. The normalized spacial score (nSPS) is 16.0. The van der Waals surface area contributed by atoms with Gasteiger partial charge in [-0.25, -0.2) is 0 Å². The van der Waals surface area contributed by atoms with Crippen molar-refractivity contribution in [3.8, 4) is 17.2 Å². The van der Waals surface area contributed by atoms with E-state index in [4.69, 9.17) is 9.47 Å². The second-order valence-electron chi connectivity index (χ2n) is 7.34. The van der Waals surface area contributed by atoms with Gasteiger partial charge in [0.1, 0.15) is 6.07 Å². The maximum Gasteiger partial charge on any atom is 0.184 e. The number of ether oxygens (including phenoxy) is 2. The number of aryl methyl sites for hydroxylation is 1. The van der Waals surface area contributed by atoms with E-state index in [-0.39, 0.29) is 0 Å². The van der Waals surface area contributed by atoms with E-state index in [1.807, 2.05) is 0 Å². The minimum Gasteiger partial charge on any atom is -0.370 e. The molecule has 2 aliphatic rings. The number of nitriles is 1. The average molecular weight is 362 g/mol. The van der Waals surface area contributed by atoms with E-state index in [9.17, 15) is 5.26 Å². The van der Waals surface area contributed by atoms with Gasteiger partial charge in [0.15, 0.2) is 6.29 Å². The maximum absolute atomic E-state index is 10.1. The smallest absolute Gasteiger partial charge is 0.184 e. The Morgan fingerprint density at radius 2 is 1.74 bits per heavy atom. The highest BCUT2D eigenvalue weighted by atomic mass is 16.7. The van der Waals surface area contributed by atoms with Crippen LogP contribution < -0.4 is 4.90 Å². The molecule has 0 radical (unpaired) electrons. The van der Waals surface area contributed by atoms with Gasteiger partial charge in [0.05, 0.1) is 11.3 Å². The fourth-order valence-corrected chi connectivity index (χ4v) is 4.60. The summed E-state index contributed by atoms with van der Waals surface area (Å²) in [6, 6.07) is 13.2. The van der Waals surface area contributed by atoms with E-state index in [2.05, 4.69) is 41.3 Å². The molecule has 0 N–H and O–H groups in total. The quantitative estimate of drug-likeness (QED) is 0.746. The summed E-state index contributed by atoms with van der Waals surface area (Å²) < 4.78 is 11.1. The molecule has 27 heavy (non-hydrogen) atoms. The largest absolute Gasteiger partial charge is 0.370 e. The van der Waals surface area contributed by atoms with Gasteiger partial charge >= 0.3 is 0 Å². The van der Waals surface area contributed by atoms with Crippen molar-refractivity contribution in [2.75, 3.05) is 32.2 Å². The Morgan fingerprint density at radius 1 is 1.00 bits per heavy atom. The van der Waals surface area contributed by atoms with Crippen molar-refractivity contribution in [3.05, 3.63) is 52.6 Å². The number of rotatable bonds is 4. The topological polar surface area (TPSA) is 45.5 Å². The van der Waals surface area contributed by atoms with Crippen molar-refractivity contribution in [2.24, 2.45) is 0 Å². The molecule has 1 heterocycles. The molecule has 2 aromatic carbocycles. The molecule has 1 aliphatic heterocycles. The minimum atomic E-state index is -0.539. The van der Waals surface area contributed by atoms with Crippen LogP contribution in [0.2, 0.25) is 0 Å². The lowest BCUT2D eigenvalue weighted by molar-refractivity contribution is -0.106. The number of piperidine rings is 1. The molecule has 0 unspecified atom stereocenters. The summed E-state index contributed by atoms with van der Waals surface area (Å²) in [6.07, 6.45) is 5.07. The molecule has 4 nitrogen and oxygen atoms in total. The van der Waals surface area contributed by atoms with Gasteiger partial charge < -0.3 is 14.4 Å². The first-order valence-corrected chi connectivity index (χ1v) is 9.77. The van der Waals surface area contributed by atoms with Crippen molar-refractivity contribution in [2.45, 2.75) is 38.4 Å². The molecule has 4 heteroatoms. The fraction of sp³-hybridized carbons (Fsp3) is 0.435. The number of nitrogens with zero attached hydrogens (tertiary/aromatic N) is 2. The third-order valence-corrected chi connectivity index (χ3v) is 5.85. The predicted octanol–water partition coefficient (Wildman–Crippen LogP) is 4.61. The third kappa shape index (κ3) is 3.12. The van der Waals surface area contributed by atoms with Crippen molar-refractivity contribution in [1.29, 1.82) is 5.26 Å². The molecule has 1 saturated heterocycles. The Hall–Kier alpha value is -2.35.